The molecule has 0 fully saturated rings. The molecule has 0 amide bonds. The number of rotatable bonds is 12. The molecule has 0 saturated heterocycles. The minimum atomic E-state index is 0.230. The molecule has 2 aromatic rings. The van der Waals surface area contributed by atoms with E-state index in [9.17, 15) is 0 Å². The van der Waals surface area contributed by atoms with Crippen molar-refractivity contribution < 1.29 is 0 Å². The van der Waals surface area contributed by atoms with E-state index in [-0.39, 0.29) is 10.8 Å². The number of benzene rings is 2. The summed E-state index contributed by atoms with van der Waals surface area (Å²) < 4.78 is 0. The maximum Gasteiger partial charge on any atom is 0.101 e. The van der Waals surface area contributed by atoms with Crippen LogP contribution in [0.5, 0.6) is 0 Å². The van der Waals surface area contributed by atoms with Gasteiger partial charge in [-0.3, -0.25) is 0 Å². The third-order valence-electron chi connectivity index (χ3n) is 9.90. The number of hydrogen-bond donors (Lipinski definition) is 0. The molecule has 2 aliphatic rings. The summed E-state index contributed by atoms with van der Waals surface area (Å²) in [6.07, 6.45) is 24.8. The fourth-order valence-electron chi connectivity index (χ4n) is 6.70. The molecule has 2 aliphatic carbocycles. The van der Waals surface area contributed by atoms with Crippen molar-refractivity contribution >= 4 is 17.4 Å². The highest BCUT2D eigenvalue weighted by atomic mass is 14.8. The summed E-state index contributed by atoms with van der Waals surface area (Å²) in [7, 11) is 0. The van der Waals surface area contributed by atoms with E-state index in [2.05, 4.69) is 148 Å². The quantitative estimate of drug-likeness (QED) is 0.216. The zero-order chi connectivity index (χ0) is 32.8. The van der Waals surface area contributed by atoms with Crippen molar-refractivity contribution in [3.63, 3.8) is 0 Å². The Hall–Kier alpha value is -3.22. The van der Waals surface area contributed by atoms with Crippen LogP contribution in [-0.2, 0) is 12.8 Å². The second-order valence-corrected chi connectivity index (χ2v) is 15.5. The standard InChI is InChI=1S/C43H58N2/c1-30(2)36-25-34(17-23-42(9)19-13-11-14-20-42)26-37(31(3)4)40(36)44-29-45-41-38(32(5)6)27-35(28-39(41)33(7)8)18-24-43(10)21-15-12-16-22-43/h11-16,19,21,25-28,30-33H,17-18,20,22-24H2,1-10H3. The molecule has 0 radical (unpaired) electrons. The predicted octanol–water partition coefficient (Wildman–Crippen LogP) is 13.2. The van der Waals surface area contributed by atoms with E-state index in [0.29, 0.717) is 23.7 Å². The van der Waals surface area contributed by atoms with Gasteiger partial charge >= 0.3 is 0 Å². The Labute approximate surface area is 275 Å². The van der Waals surface area contributed by atoms with Crippen molar-refractivity contribution in [2.24, 2.45) is 20.8 Å². The Bertz CT molecular complexity index is 1350. The van der Waals surface area contributed by atoms with Gasteiger partial charge in [-0.2, -0.15) is 9.98 Å². The van der Waals surface area contributed by atoms with Crippen LogP contribution in [0.15, 0.2) is 82.9 Å². The maximum atomic E-state index is 5.03. The third-order valence-corrected chi connectivity index (χ3v) is 9.90. The number of allylic oxidation sites excluding steroid dienone is 8. The van der Waals surface area contributed by atoms with Crippen LogP contribution in [0.4, 0.5) is 11.4 Å². The van der Waals surface area contributed by atoms with Gasteiger partial charge in [0.25, 0.3) is 0 Å². The van der Waals surface area contributed by atoms with Crippen molar-refractivity contribution in [1.82, 2.24) is 0 Å². The van der Waals surface area contributed by atoms with Gasteiger partial charge in [-0.25, -0.2) is 0 Å². The second-order valence-electron chi connectivity index (χ2n) is 15.5. The van der Waals surface area contributed by atoms with E-state index in [0.717, 1.165) is 49.9 Å². The number of nitrogens with zero attached hydrogens (tertiary/aromatic N) is 2. The molecule has 0 aromatic heterocycles. The SMILES string of the molecule is CC(C)c1cc(CCC2(C)C=CC=CC2)cc(C(C)C)c1N=C=Nc1c(C(C)C)cc(CCC2(C)C=CC=CC2)cc1C(C)C. The first-order chi connectivity index (χ1) is 21.3. The fourth-order valence-corrected chi connectivity index (χ4v) is 6.70. The summed E-state index contributed by atoms with van der Waals surface area (Å²) in [5.74, 6) is 1.46. The first kappa shape index (κ1) is 34.6. The third kappa shape index (κ3) is 8.95. The van der Waals surface area contributed by atoms with Gasteiger partial charge in [0.1, 0.15) is 6.01 Å². The Morgan fingerprint density at radius 1 is 0.556 bits per heavy atom. The van der Waals surface area contributed by atoms with Gasteiger partial charge in [-0.05, 0) is 106 Å². The summed E-state index contributed by atoms with van der Waals surface area (Å²) in [4.78, 5) is 10.1. The van der Waals surface area contributed by atoms with Gasteiger partial charge in [0.15, 0.2) is 0 Å². The average Bonchev–Trinajstić information content (AvgIpc) is 2.99. The average molecular weight is 603 g/mol. The van der Waals surface area contributed by atoms with Crippen molar-refractivity contribution in [3.05, 3.63) is 106 Å². The lowest BCUT2D eigenvalue weighted by atomic mass is 9.78. The topological polar surface area (TPSA) is 24.7 Å². The van der Waals surface area contributed by atoms with E-state index in [1.807, 2.05) is 0 Å². The van der Waals surface area contributed by atoms with E-state index >= 15 is 0 Å². The Morgan fingerprint density at radius 2 is 0.889 bits per heavy atom. The Morgan fingerprint density at radius 3 is 1.16 bits per heavy atom. The highest BCUT2D eigenvalue weighted by molar-refractivity contribution is 5.68. The van der Waals surface area contributed by atoms with Crippen molar-refractivity contribution in [2.45, 2.75) is 131 Å². The van der Waals surface area contributed by atoms with Gasteiger partial charge in [0, 0.05) is 0 Å². The van der Waals surface area contributed by atoms with Gasteiger partial charge < -0.3 is 0 Å². The minimum Gasteiger partial charge on any atom is -0.187 e. The number of aliphatic imine (C=N–C) groups is 2. The van der Waals surface area contributed by atoms with E-state index in [4.69, 9.17) is 9.98 Å². The van der Waals surface area contributed by atoms with E-state index < -0.39 is 0 Å². The minimum absolute atomic E-state index is 0.230. The molecule has 0 aliphatic heterocycles. The summed E-state index contributed by atoms with van der Waals surface area (Å²) in [5.41, 5.74) is 10.6. The number of aryl methyl sites for hydroxylation is 2. The first-order valence-electron chi connectivity index (χ1n) is 17.5. The summed E-state index contributed by atoms with van der Waals surface area (Å²) in [6.45, 7) is 23.0. The normalized spacial score (nSPS) is 20.9. The zero-order valence-electron chi connectivity index (χ0n) is 29.9. The molecule has 240 valence electrons. The predicted molar refractivity (Wildman–Crippen MR) is 197 cm³/mol. The van der Waals surface area contributed by atoms with Crippen LogP contribution in [0.3, 0.4) is 0 Å². The smallest absolute Gasteiger partial charge is 0.101 e. The molecular weight excluding hydrogens is 544 g/mol. The largest absolute Gasteiger partial charge is 0.187 e. The van der Waals surface area contributed by atoms with Crippen LogP contribution in [0.2, 0.25) is 0 Å². The highest BCUT2D eigenvalue weighted by Crippen LogP contribution is 2.40. The number of hydrogen-bond acceptors (Lipinski definition) is 2. The summed E-state index contributed by atoms with van der Waals surface area (Å²) in [6, 6.07) is 12.8. The first-order valence-corrected chi connectivity index (χ1v) is 17.5. The molecule has 0 N–H and O–H groups in total. The molecule has 2 atom stereocenters. The van der Waals surface area contributed by atoms with Gasteiger partial charge in [0.2, 0.25) is 0 Å². The molecule has 0 saturated carbocycles. The molecule has 2 unspecified atom stereocenters. The van der Waals surface area contributed by atoms with Crippen LogP contribution >= 0.6 is 0 Å². The monoisotopic (exact) mass is 602 g/mol. The lowest BCUT2D eigenvalue weighted by Gasteiger charge is -2.27. The Balaban J connectivity index is 1.69. The molecule has 2 aromatic carbocycles. The molecule has 2 nitrogen and oxygen atoms in total. The van der Waals surface area contributed by atoms with Gasteiger partial charge in [0.05, 0.1) is 11.4 Å². The van der Waals surface area contributed by atoms with Crippen molar-refractivity contribution in [3.8, 4) is 0 Å². The van der Waals surface area contributed by atoms with E-state index in [1.165, 1.54) is 33.4 Å². The van der Waals surface area contributed by atoms with Gasteiger partial charge in [-0.1, -0.05) is 142 Å². The highest BCUT2D eigenvalue weighted by Gasteiger charge is 2.24. The molecule has 0 heterocycles. The van der Waals surface area contributed by atoms with E-state index in [1.54, 1.807) is 0 Å². The van der Waals surface area contributed by atoms with Crippen molar-refractivity contribution in [2.75, 3.05) is 0 Å². The fraction of sp³-hybridized carbons (Fsp3) is 0.512. The lowest BCUT2D eigenvalue weighted by molar-refractivity contribution is 0.393. The molecular formula is C43H58N2. The van der Waals surface area contributed by atoms with Crippen molar-refractivity contribution in [1.29, 1.82) is 0 Å². The van der Waals surface area contributed by atoms with Crippen LogP contribution in [0, 0.1) is 10.8 Å². The Kier molecular flexibility index (Phi) is 11.5. The van der Waals surface area contributed by atoms with Gasteiger partial charge in [-0.15, -0.1) is 0 Å². The molecule has 0 bridgehead atoms. The molecule has 2 heteroatoms. The lowest BCUT2D eigenvalue weighted by Crippen LogP contribution is -2.15. The summed E-state index contributed by atoms with van der Waals surface area (Å²) in [5, 5.41) is 0. The second kappa shape index (κ2) is 14.9. The van der Waals surface area contributed by atoms with Crippen LogP contribution in [0.25, 0.3) is 0 Å². The van der Waals surface area contributed by atoms with Crippen LogP contribution in [0.1, 0.15) is 152 Å². The molecule has 0 spiro atoms. The van der Waals surface area contributed by atoms with Crippen LogP contribution in [-0.4, -0.2) is 6.01 Å². The zero-order valence-corrected chi connectivity index (χ0v) is 29.9. The van der Waals surface area contributed by atoms with Crippen LogP contribution < -0.4 is 0 Å². The molecule has 45 heavy (non-hydrogen) atoms. The maximum absolute atomic E-state index is 5.03. The molecule has 4 rings (SSSR count). The summed E-state index contributed by atoms with van der Waals surface area (Å²) >= 11 is 0.